The first-order valence-electron chi connectivity index (χ1n) is 12.2. The summed E-state index contributed by atoms with van der Waals surface area (Å²) in [7, 11) is 0. The summed E-state index contributed by atoms with van der Waals surface area (Å²) in [4.78, 5) is 59.4. The van der Waals surface area contributed by atoms with Crippen molar-refractivity contribution in [2.75, 3.05) is 13.1 Å². The predicted molar refractivity (Wildman–Crippen MR) is 142 cm³/mol. The summed E-state index contributed by atoms with van der Waals surface area (Å²) in [6.45, 7) is 9.99. The van der Waals surface area contributed by atoms with E-state index in [1.165, 1.54) is 42.5 Å². The number of alkyl carbamates (subject to hydrolysis) is 1. The van der Waals surface area contributed by atoms with Crippen molar-refractivity contribution in [3.8, 4) is 11.5 Å². The number of hydrogen-bond donors (Lipinski definition) is 2. The van der Waals surface area contributed by atoms with Gasteiger partial charge in [0.1, 0.15) is 23.7 Å². The van der Waals surface area contributed by atoms with E-state index in [0.717, 1.165) is 0 Å². The molecule has 0 saturated heterocycles. The van der Waals surface area contributed by atoms with E-state index >= 15 is 0 Å². The molecule has 2 rings (SSSR count). The average Bonchev–Trinajstić information content (AvgIpc) is 2.84. The lowest BCUT2D eigenvalue weighted by Gasteiger charge is -2.20. The number of nitro groups is 1. The molecule has 0 saturated carbocycles. The number of nitro benzene ring substituents is 1. The Morgan fingerprint density at radius 1 is 0.875 bits per heavy atom. The van der Waals surface area contributed by atoms with Crippen LogP contribution in [0.2, 0.25) is 0 Å². The molecule has 0 aliphatic carbocycles. The van der Waals surface area contributed by atoms with Crippen LogP contribution in [0.15, 0.2) is 42.5 Å². The number of ether oxygens (including phenoxy) is 4. The Morgan fingerprint density at radius 2 is 1.50 bits per heavy atom. The van der Waals surface area contributed by atoms with Crippen molar-refractivity contribution in [2.45, 2.75) is 53.8 Å². The maximum Gasteiger partial charge on any atom is 0.514 e. The molecule has 0 unspecified atom stereocenters. The Labute approximate surface area is 231 Å². The van der Waals surface area contributed by atoms with Gasteiger partial charge >= 0.3 is 18.2 Å². The minimum absolute atomic E-state index is 0.000274. The molecular formula is C27H33N3O10. The van der Waals surface area contributed by atoms with Gasteiger partial charge in [-0.1, -0.05) is 6.07 Å². The molecule has 0 aliphatic rings. The average molecular weight is 560 g/mol. The largest absolute Gasteiger partial charge is 0.514 e. The summed E-state index contributed by atoms with van der Waals surface area (Å²) in [5, 5.41) is 15.9. The monoisotopic (exact) mass is 559 g/mol. The number of benzene rings is 2. The van der Waals surface area contributed by atoms with E-state index < -0.39 is 40.1 Å². The molecule has 40 heavy (non-hydrogen) atoms. The van der Waals surface area contributed by atoms with Gasteiger partial charge in [-0.15, -0.1) is 0 Å². The molecule has 2 aromatic carbocycles. The lowest BCUT2D eigenvalue weighted by molar-refractivity contribution is -0.384. The number of carbonyl (C=O) groups is 4. The van der Waals surface area contributed by atoms with Gasteiger partial charge in [-0.3, -0.25) is 19.7 Å². The molecule has 2 amide bonds. The molecular weight excluding hydrogens is 526 g/mol. The summed E-state index contributed by atoms with van der Waals surface area (Å²) >= 11 is 0. The smallest absolute Gasteiger partial charge is 0.444 e. The molecule has 2 aromatic rings. The zero-order valence-corrected chi connectivity index (χ0v) is 23.2. The normalized spacial score (nSPS) is 11.2. The lowest BCUT2D eigenvalue weighted by atomic mass is 9.97. The van der Waals surface area contributed by atoms with E-state index in [-0.39, 0.29) is 42.4 Å². The van der Waals surface area contributed by atoms with Crippen LogP contribution in [0.1, 0.15) is 57.5 Å². The number of rotatable bonds is 9. The van der Waals surface area contributed by atoms with E-state index in [9.17, 15) is 29.3 Å². The molecule has 0 spiro atoms. The topological polar surface area (TPSA) is 172 Å². The van der Waals surface area contributed by atoms with Crippen LogP contribution < -0.4 is 20.1 Å². The van der Waals surface area contributed by atoms with Crippen LogP contribution in [0.25, 0.3) is 0 Å². The number of hydrogen-bond acceptors (Lipinski definition) is 10. The highest BCUT2D eigenvalue weighted by atomic mass is 16.7. The third-order valence-corrected chi connectivity index (χ3v) is 4.79. The fourth-order valence-electron chi connectivity index (χ4n) is 2.84. The fraction of sp³-hybridized carbons (Fsp3) is 0.407. The van der Waals surface area contributed by atoms with Crippen molar-refractivity contribution in [3.05, 3.63) is 63.7 Å². The third kappa shape index (κ3) is 10.6. The van der Waals surface area contributed by atoms with Gasteiger partial charge in [0.2, 0.25) is 0 Å². The van der Waals surface area contributed by atoms with Gasteiger partial charge < -0.3 is 29.6 Å². The van der Waals surface area contributed by atoms with Crippen LogP contribution in [0.4, 0.5) is 15.3 Å². The molecule has 0 radical (unpaired) electrons. The first-order valence-corrected chi connectivity index (χ1v) is 12.2. The van der Waals surface area contributed by atoms with Crippen LogP contribution in [0, 0.1) is 15.5 Å². The van der Waals surface area contributed by atoms with Crippen LogP contribution in [-0.4, -0.2) is 47.7 Å². The second-order valence-corrected chi connectivity index (χ2v) is 10.5. The highest BCUT2D eigenvalue weighted by Gasteiger charge is 2.26. The number of amides is 2. The maximum absolute atomic E-state index is 13.0. The predicted octanol–water partition coefficient (Wildman–Crippen LogP) is 4.52. The summed E-state index contributed by atoms with van der Waals surface area (Å²) in [5.41, 5.74) is -1.29. The number of esters is 1. The van der Waals surface area contributed by atoms with Gasteiger partial charge in [0.05, 0.1) is 15.9 Å². The van der Waals surface area contributed by atoms with Gasteiger partial charge in [0.25, 0.3) is 11.6 Å². The molecule has 13 nitrogen and oxygen atoms in total. The number of carbonyl (C=O) groups excluding carboxylic acids is 4. The molecule has 0 aliphatic heterocycles. The summed E-state index contributed by atoms with van der Waals surface area (Å²) in [6.07, 6.45) is -1.71. The lowest BCUT2D eigenvalue weighted by Crippen LogP contribution is -2.38. The van der Waals surface area contributed by atoms with Crippen LogP contribution in [-0.2, 0) is 20.9 Å². The van der Waals surface area contributed by atoms with E-state index in [2.05, 4.69) is 10.6 Å². The third-order valence-electron chi connectivity index (χ3n) is 4.79. The Morgan fingerprint density at radius 3 is 2.08 bits per heavy atom. The highest BCUT2D eigenvalue weighted by Crippen LogP contribution is 2.25. The number of non-ortho nitro benzene ring substituents is 1. The maximum atomic E-state index is 13.0. The molecule has 0 fully saturated rings. The van der Waals surface area contributed by atoms with Crippen LogP contribution in [0.5, 0.6) is 11.5 Å². The summed E-state index contributed by atoms with van der Waals surface area (Å²) in [5.74, 6) is -1.13. The number of nitrogens with zero attached hydrogens (tertiary/aromatic N) is 1. The minimum Gasteiger partial charge on any atom is -0.444 e. The summed E-state index contributed by atoms with van der Waals surface area (Å²) in [6, 6.07) is 9.14. The zero-order chi connectivity index (χ0) is 30.1. The van der Waals surface area contributed by atoms with Crippen molar-refractivity contribution in [1.29, 1.82) is 0 Å². The Bertz CT molecular complexity index is 1240. The molecule has 216 valence electrons. The van der Waals surface area contributed by atoms with Gasteiger partial charge in [0, 0.05) is 25.2 Å². The second kappa shape index (κ2) is 13.4. The standard InChI is InChI=1S/C27H33N3O10/c1-26(2,3)23(32)39-21-12-7-17(16-37-25(34)38-19-10-8-18(9-11-19)30(35)36)15-20(21)22(31)28-13-14-29-24(33)40-27(4,5)6/h7-12,15H,13-14,16H2,1-6H3,(H,28,31)(H,29,33). The Balaban J connectivity index is 2.07. The van der Waals surface area contributed by atoms with Gasteiger partial charge in [-0.2, -0.15) is 0 Å². The van der Waals surface area contributed by atoms with E-state index in [1.54, 1.807) is 41.5 Å². The highest BCUT2D eigenvalue weighted by molar-refractivity contribution is 5.98. The first kappa shape index (κ1) is 31.5. The zero-order valence-electron chi connectivity index (χ0n) is 23.2. The molecule has 0 bridgehead atoms. The summed E-state index contributed by atoms with van der Waals surface area (Å²) < 4.78 is 20.7. The first-order chi connectivity index (χ1) is 18.5. The molecule has 0 aromatic heterocycles. The van der Waals surface area contributed by atoms with Crippen LogP contribution in [0.3, 0.4) is 0 Å². The molecule has 13 heteroatoms. The number of nitrogens with one attached hydrogen (secondary N) is 2. The fourth-order valence-corrected chi connectivity index (χ4v) is 2.84. The Kier molecular flexibility index (Phi) is 10.6. The molecule has 0 heterocycles. The van der Waals surface area contributed by atoms with E-state index in [1.807, 2.05) is 0 Å². The van der Waals surface area contributed by atoms with Gasteiger partial charge in [-0.25, -0.2) is 9.59 Å². The van der Waals surface area contributed by atoms with Crippen molar-refractivity contribution < 1.29 is 43.0 Å². The van der Waals surface area contributed by atoms with Gasteiger partial charge in [0.15, 0.2) is 0 Å². The molecule has 2 N–H and O–H groups in total. The van der Waals surface area contributed by atoms with E-state index in [0.29, 0.717) is 5.56 Å². The quantitative estimate of drug-likeness (QED) is 0.111. The van der Waals surface area contributed by atoms with Crippen molar-refractivity contribution >= 4 is 29.8 Å². The Hall–Kier alpha value is -4.68. The van der Waals surface area contributed by atoms with Crippen molar-refractivity contribution in [2.24, 2.45) is 5.41 Å². The van der Waals surface area contributed by atoms with Gasteiger partial charge in [-0.05, 0) is 71.4 Å². The second-order valence-electron chi connectivity index (χ2n) is 10.5. The minimum atomic E-state index is -1.07. The van der Waals surface area contributed by atoms with Crippen molar-refractivity contribution in [1.82, 2.24) is 10.6 Å². The van der Waals surface area contributed by atoms with Crippen LogP contribution >= 0.6 is 0 Å². The van der Waals surface area contributed by atoms with E-state index in [4.69, 9.17) is 18.9 Å². The SMILES string of the molecule is CC(C)(C)OC(=O)NCCNC(=O)c1cc(COC(=O)Oc2ccc([N+](=O)[O-])cc2)ccc1OC(=O)C(C)(C)C. The molecule has 0 atom stereocenters. The van der Waals surface area contributed by atoms with Crippen molar-refractivity contribution in [3.63, 3.8) is 0 Å².